The van der Waals surface area contributed by atoms with Crippen molar-refractivity contribution in [3.8, 4) is 5.75 Å². The van der Waals surface area contributed by atoms with Gasteiger partial charge in [-0.1, -0.05) is 29.9 Å². The number of halogens is 1. The lowest BCUT2D eigenvalue weighted by atomic mass is 10.1. The summed E-state index contributed by atoms with van der Waals surface area (Å²) in [6, 6.07) is 9.89. The van der Waals surface area contributed by atoms with Gasteiger partial charge in [-0.2, -0.15) is 0 Å². The predicted molar refractivity (Wildman–Crippen MR) is 93.4 cm³/mol. The lowest BCUT2D eigenvalue weighted by Crippen LogP contribution is -2.17. The summed E-state index contributed by atoms with van der Waals surface area (Å²) >= 11 is 12.6. The van der Waals surface area contributed by atoms with E-state index >= 15 is 0 Å². The molecule has 2 N–H and O–H groups in total. The Morgan fingerprint density at radius 1 is 1.33 bits per heavy atom. The lowest BCUT2D eigenvalue weighted by Gasteiger charge is -2.17. The highest BCUT2D eigenvalue weighted by Crippen LogP contribution is 2.24. The molecule has 2 rings (SSSR count). The molecule has 0 saturated carbocycles. The van der Waals surface area contributed by atoms with Crippen LogP contribution in [0.25, 0.3) is 0 Å². The van der Waals surface area contributed by atoms with Crippen LogP contribution in [0, 0.1) is 0 Å². The molecule has 6 heteroatoms. The first-order valence-corrected chi connectivity index (χ1v) is 7.99. The third kappa shape index (κ3) is 4.41. The monoisotopic (exact) mass is 340 g/mol. The topological polar surface area (TPSA) is 38.5 Å². The van der Waals surface area contributed by atoms with Gasteiger partial charge in [-0.3, -0.25) is 4.90 Å². The maximum atomic E-state index is 5.95. The first kappa shape index (κ1) is 16.2. The second-order valence-corrected chi connectivity index (χ2v) is 7.02. The Hall–Kier alpha value is -1.14. The first-order chi connectivity index (χ1) is 9.99. The van der Waals surface area contributed by atoms with Crippen LogP contribution in [0.4, 0.5) is 0 Å². The summed E-state index contributed by atoms with van der Waals surface area (Å²) in [6.07, 6.45) is 0. The zero-order valence-electron chi connectivity index (χ0n) is 11.9. The van der Waals surface area contributed by atoms with Crippen molar-refractivity contribution in [1.82, 2.24) is 4.90 Å². The molecule has 1 aromatic heterocycles. The minimum atomic E-state index is 0.347. The highest BCUT2D eigenvalue weighted by atomic mass is 35.5. The van der Waals surface area contributed by atoms with E-state index in [9.17, 15) is 0 Å². The van der Waals surface area contributed by atoms with Crippen molar-refractivity contribution in [3.63, 3.8) is 0 Å². The fourth-order valence-electron chi connectivity index (χ4n) is 2.11. The van der Waals surface area contributed by atoms with Gasteiger partial charge in [0.05, 0.1) is 17.0 Å². The Kier molecular flexibility index (Phi) is 5.58. The summed E-state index contributed by atoms with van der Waals surface area (Å²) in [4.78, 5) is 3.81. The van der Waals surface area contributed by atoms with Crippen molar-refractivity contribution in [1.29, 1.82) is 0 Å². The lowest BCUT2D eigenvalue weighted by molar-refractivity contribution is 0.321. The summed E-state index contributed by atoms with van der Waals surface area (Å²) in [5.74, 6) is 0.715. The van der Waals surface area contributed by atoms with Crippen molar-refractivity contribution in [2.45, 2.75) is 13.1 Å². The van der Waals surface area contributed by atoms with E-state index < -0.39 is 0 Å². The summed E-state index contributed by atoms with van der Waals surface area (Å²) < 4.78 is 6.17. The number of thiocarbonyl (C=S) groups is 1. The van der Waals surface area contributed by atoms with E-state index in [-0.39, 0.29) is 0 Å². The minimum Gasteiger partial charge on any atom is -0.496 e. The van der Waals surface area contributed by atoms with E-state index in [1.54, 1.807) is 18.4 Å². The standard InChI is InChI=1S/C15H17ClN2OS2/c1-18(9-11-4-6-14(16)21-11)8-10-3-5-12(15(17)20)13(7-10)19-2/h3-7H,8-9H2,1-2H3,(H2,17,20). The van der Waals surface area contributed by atoms with Gasteiger partial charge in [-0.05, 0) is 36.9 Å². The van der Waals surface area contributed by atoms with Gasteiger partial charge < -0.3 is 10.5 Å². The molecule has 0 aliphatic rings. The molecule has 1 heterocycles. The van der Waals surface area contributed by atoms with E-state index in [0.29, 0.717) is 10.7 Å². The summed E-state index contributed by atoms with van der Waals surface area (Å²) in [7, 11) is 3.69. The number of methoxy groups -OCH3 is 1. The molecule has 0 saturated heterocycles. The fraction of sp³-hybridized carbons (Fsp3) is 0.267. The SMILES string of the molecule is COc1cc(CN(C)Cc2ccc(Cl)s2)ccc1C(N)=S. The Morgan fingerprint density at radius 2 is 2.10 bits per heavy atom. The molecule has 0 atom stereocenters. The van der Waals surface area contributed by atoms with Gasteiger partial charge in [0, 0.05) is 18.0 Å². The van der Waals surface area contributed by atoms with Crippen LogP contribution in [-0.2, 0) is 13.1 Å². The van der Waals surface area contributed by atoms with Crippen molar-refractivity contribution in [2.75, 3.05) is 14.2 Å². The van der Waals surface area contributed by atoms with E-state index in [1.165, 1.54) is 4.88 Å². The molecule has 0 spiro atoms. The van der Waals surface area contributed by atoms with Gasteiger partial charge in [0.25, 0.3) is 0 Å². The fourth-order valence-corrected chi connectivity index (χ4v) is 3.44. The Morgan fingerprint density at radius 3 is 2.67 bits per heavy atom. The van der Waals surface area contributed by atoms with Crippen molar-refractivity contribution in [3.05, 3.63) is 50.7 Å². The second kappa shape index (κ2) is 7.22. The van der Waals surface area contributed by atoms with Crippen molar-refractivity contribution >= 4 is 40.1 Å². The molecular formula is C15H17ClN2OS2. The molecule has 0 fully saturated rings. The third-order valence-corrected chi connectivity index (χ3v) is 4.47. The Labute approximate surface area is 139 Å². The van der Waals surface area contributed by atoms with Crippen LogP contribution in [0.3, 0.4) is 0 Å². The summed E-state index contributed by atoms with van der Waals surface area (Å²) in [5.41, 5.74) is 7.59. The third-order valence-electron chi connectivity index (χ3n) is 3.04. The number of nitrogens with zero attached hydrogens (tertiary/aromatic N) is 1. The molecule has 112 valence electrons. The first-order valence-electron chi connectivity index (χ1n) is 6.39. The number of hydrogen-bond acceptors (Lipinski definition) is 4. The van der Waals surface area contributed by atoms with Crippen LogP contribution in [0.1, 0.15) is 16.0 Å². The number of rotatable bonds is 6. The number of nitrogens with two attached hydrogens (primary N) is 1. The molecule has 0 radical (unpaired) electrons. The predicted octanol–water partition coefficient (Wildman–Crippen LogP) is 3.68. The highest BCUT2D eigenvalue weighted by Gasteiger charge is 2.09. The molecule has 21 heavy (non-hydrogen) atoms. The molecule has 2 aromatic rings. The second-order valence-electron chi connectivity index (χ2n) is 4.78. The van der Waals surface area contributed by atoms with Gasteiger partial charge in [0.15, 0.2) is 0 Å². The van der Waals surface area contributed by atoms with Crippen LogP contribution in [0.2, 0.25) is 4.34 Å². The van der Waals surface area contributed by atoms with Gasteiger partial charge in [-0.25, -0.2) is 0 Å². The van der Waals surface area contributed by atoms with Crippen molar-refractivity contribution < 1.29 is 4.74 Å². The van der Waals surface area contributed by atoms with Crippen LogP contribution >= 0.6 is 35.2 Å². The summed E-state index contributed by atoms with van der Waals surface area (Å²) in [5, 5.41) is 0. The molecule has 1 aromatic carbocycles. The molecular weight excluding hydrogens is 324 g/mol. The molecule has 0 unspecified atom stereocenters. The van der Waals surface area contributed by atoms with Crippen molar-refractivity contribution in [2.24, 2.45) is 5.73 Å². The zero-order chi connectivity index (χ0) is 15.4. The smallest absolute Gasteiger partial charge is 0.129 e. The van der Waals surface area contributed by atoms with Gasteiger partial charge in [-0.15, -0.1) is 11.3 Å². The van der Waals surface area contributed by atoms with Crippen LogP contribution < -0.4 is 10.5 Å². The number of benzene rings is 1. The highest BCUT2D eigenvalue weighted by molar-refractivity contribution is 7.80. The van der Waals surface area contributed by atoms with Gasteiger partial charge in [0.2, 0.25) is 0 Å². The van der Waals surface area contributed by atoms with E-state index in [2.05, 4.69) is 18.0 Å². The average Bonchev–Trinajstić information content (AvgIpc) is 2.83. The van der Waals surface area contributed by atoms with E-state index in [4.69, 9.17) is 34.3 Å². The van der Waals surface area contributed by atoms with Crippen LogP contribution in [0.5, 0.6) is 5.75 Å². The normalized spacial score (nSPS) is 10.9. The number of thiophene rings is 1. The average molecular weight is 341 g/mol. The molecule has 0 bridgehead atoms. The Balaban J connectivity index is 2.06. The van der Waals surface area contributed by atoms with Gasteiger partial charge >= 0.3 is 0 Å². The van der Waals surface area contributed by atoms with E-state index in [1.807, 2.05) is 24.3 Å². The minimum absolute atomic E-state index is 0.347. The number of ether oxygens (including phenoxy) is 1. The largest absolute Gasteiger partial charge is 0.496 e. The number of hydrogen-bond donors (Lipinski definition) is 1. The molecule has 0 aliphatic carbocycles. The van der Waals surface area contributed by atoms with Gasteiger partial charge in [0.1, 0.15) is 10.7 Å². The molecule has 0 amide bonds. The van der Waals surface area contributed by atoms with Crippen LogP contribution in [-0.4, -0.2) is 24.0 Å². The molecule has 0 aliphatic heterocycles. The summed E-state index contributed by atoms with van der Waals surface area (Å²) in [6.45, 7) is 1.67. The maximum absolute atomic E-state index is 5.95. The Bertz CT molecular complexity index is 642. The van der Waals surface area contributed by atoms with E-state index in [0.717, 1.165) is 28.6 Å². The maximum Gasteiger partial charge on any atom is 0.129 e. The zero-order valence-corrected chi connectivity index (χ0v) is 14.3. The van der Waals surface area contributed by atoms with Crippen LogP contribution in [0.15, 0.2) is 30.3 Å². The molecule has 3 nitrogen and oxygen atoms in total. The quantitative estimate of drug-likeness (QED) is 0.814.